The van der Waals surface area contributed by atoms with Crippen LogP contribution >= 0.6 is 0 Å². The number of nitriles is 1. The summed E-state index contributed by atoms with van der Waals surface area (Å²) in [6, 6.07) is 16.5. The maximum atomic E-state index is 12.2. The Hall–Kier alpha value is -3.50. The number of hydrogen-bond donors (Lipinski definition) is 1. The van der Waals surface area contributed by atoms with Crippen molar-refractivity contribution in [3.05, 3.63) is 48.0 Å². The fourth-order valence-electron chi connectivity index (χ4n) is 4.96. The molecule has 35 heavy (non-hydrogen) atoms. The first-order chi connectivity index (χ1) is 17.1. The third-order valence-electron chi connectivity index (χ3n) is 7.17. The predicted molar refractivity (Wildman–Crippen MR) is 133 cm³/mol. The highest BCUT2D eigenvalue weighted by Gasteiger charge is 2.32. The molecule has 7 nitrogen and oxygen atoms in total. The summed E-state index contributed by atoms with van der Waals surface area (Å²) >= 11 is 0. The van der Waals surface area contributed by atoms with E-state index < -0.39 is 6.09 Å². The number of aromatic nitrogens is 1. The van der Waals surface area contributed by atoms with Crippen molar-refractivity contribution in [1.29, 1.82) is 5.26 Å². The van der Waals surface area contributed by atoms with Gasteiger partial charge in [-0.2, -0.15) is 5.26 Å². The SMILES string of the molecule is C[C@@H](OC(=O)Nc1ccc(-c2c(C#N)c3ccc(O[C@H]4CCOC4)cc3n2C2CC2)cc1)C1CC1. The minimum absolute atomic E-state index is 0.0585. The lowest BCUT2D eigenvalue weighted by atomic mass is 10.1. The Kier molecular flexibility index (Phi) is 5.62. The van der Waals surface area contributed by atoms with Gasteiger partial charge in [-0.3, -0.25) is 5.32 Å². The van der Waals surface area contributed by atoms with Crippen molar-refractivity contribution in [2.75, 3.05) is 18.5 Å². The van der Waals surface area contributed by atoms with Crippen molar-refractivity contribution >= 4 is 22.7 Å². The molecule has 0 bridgehead atoms. The standard InChI is InChI=1S/C28H29N3O4/c1-17(18-2-3-18)34-28(32)30-20-6-4-19(5-7-20)27-25(15-29)24-11-10-22(35-23-12-13-33-16-23)14-26(24)31(27)21-8-9-21/h4-7,10-11,14,17-18,21,23H,2-3,8-9,12-13,16H2,1H3,(H,30,32)/t17-,23+/m1/s1. The molecule has 1 saturated heterocycles. The maximum absolute atomic E-state index is 12.2. The van der Waals surface area contributed by atoms with Crippen molar-refractivity contribution in [2.24, 2.45) is 5.92 Å². The Labute approximate surface area is 204 Å². The summed E-state index contributed by atoms with van der Waals surface area (Å²) < 4.78 is 19.4. The molecule has 1 amide bonds. The van der Waals surface area contributed by atoms with Crippen LogP contribution in [0, 0.1) is 17.2 Å². The second kappa shape index (κ2) is 8.94. The van der Waals surface area contributed by atoms with Crippen LogP contribution < -0.4 is 10.1 Å². The van der Waals surface area contributed by atoms with E-state index >= 15 is 0 Å². The Morgan fingerprint density at radius 3 is 2.60 bits per heavy atom. The van der Waals surface area contributed by atoms with Gasteiger partial charge in [0.05, 0.1) is 30.0 Å². The van der Waals surface area contributed by atoms with Crippen LogP contribution in [-0.2, 0) is 9.47 Å². The van der Waals surface area contributed by atoms with E-state index in [-0.39, 0.29) is 12.2 Å². The number of fused-ring (bicyclic) bond motifs is 1. The summed E-state index contributed by atoms with van der Waals surface area (Å²) in [7, 11) is 0. The lowest BCUT2D eigenvalue weighted by Crippen LogP contribution is -2.21. The van der Waals surface area contributed by atoms with Crippen LogP contribution in [-0.4, -0.2) is 36.1 Å². The topological polar surface area (TPSA) is 85.5 Å². The fourth-order valence-corrected chi connectivity index (χ4v) is 4.96. The van der Waals surface area contributed by atoms with E-state index in [2.05, 4.69) is 22.0 Å². The molecule has 3 aliphatic rings. The van der Waals surface area contributed by atoms with Crippen molar-refractivity contribution in [2.45, 2.75) is 57.3 Å². The summed E-state index contributed by atoms with van der Waals surface area (Å²) in [4.78, 5) is 12.2. The molecule has 2 aliphatic carbocycles. The van der Waals surface area contributed by atoms with Crippen molar-refractivity contribution in [3.8, 4) is 23.1 Å². The number of hydrogen-bond acceptors (Lipinski definition) is 5. The van der Waals surface area contributed by atoms with Crippen molar-refractivity contribution in [1.82, 2.24) is 4.57 Å². The number of amides is 1. The lowest BCUT2D eigenvalue weighted by Gasteiger charge is -2.14. The van der Waals surface area contributed by atoms with Gasteiger partial charge in [0, 0.05) is 29.6 Å². The van der Waals surface area contributed by atoms with Crippen molar-refractivity contribution in [3.63, 3.8) is 0 Å². The number of nitrogens with zero attached hydrogens (tertiary/aromatic N) is 2. The van der Waals surface area contributed by atoms with E-state index in [9.17, 15) is 10.1 Å². The lowest BCUT2D eigenvalue weighted by molar-refractivity contribution is 0.108. The quantitative estimate of drug-likeness (QED) is 0.455. The second-order valence-corrected chi connectivity index (χ2v) is 9.87. The predicted octanol–water partition coefficient (Wildman–Crippen LogP) is 6.03. The summed E-state index contributed by atoms with van der Waals surface area (Å²) in [5.41, 5.74) is 4.23. The maximum Gasteiger partial charge on any atom is 0.411 e. The number of benzene rings is 2. The van der Waals surface area contributed by atoms with Gasteiger partial charge in [-0.15, -0.1) is 0 Å². The number of anilines is 1. The third kappa shape index (κ3) is 4.46. The van der Waals surface area contributed by atoms with E-state index in [0.717, 1.165) is 66.6 Å². The molecule has 2 heterocycles. The monoisotopic (exact) mass is 471 g/mol. The van der Waals surface area contributed by atoms with Gasteiger partial charge in [0.1, 0.15) is 24.0 Å². The van der Waals surface area contributed by atoms with Gasteiger partial charge in [0.25, 0.3) is 0 Å². The molecule has 0 spiro atoms. The number of carbonyl (C=O) groups is 1. The first kappa shape index (κ1) is 22.0. The molecule has 6 rings (SSSR count). The smallest absolute Gasteiger partial charge is 0.411 e. The molecule has 0 radical (unpaired) electrons. The molecule has 1 aromatic heterocycles. The fraction of sp³-hybridized carbons (Fsp3) is 0.429. The Balaban J connectivity index is 1.30. The minimum Gasteiger partial charge on any atom is -0.488 e. The van der Waals surface area contributed by atoms with Gasteiger partial charge in [-0.1, -0.05) is 12.1 Å². The number of carbonyl (C=O) groups excluding carboxylic acids is 1. The normalized spacial score (nSPS) is 20.4. The van der Waals surface area contributed by atoms with Gasteiger partial charge in [0.2, 0.25) is 0 Å². The Morgan fingerprint density at radius 1 is 1.14 bits per heavy atom. The molecular weight excluding hydrogens is 442 g/mol. The van der Waals surface area contributed by atoms with E-state index in [1.54, 1.807) is 0 Å². The molecule has 2 atom stereocenters. The van der Waals surface area contributed by atoms with Crippen LogP contribution in [0.3, 0.4) is 0 Å². The molecule has 1 aliphatic heterocycles. The van der Waals surface area contributed by atoms with Crippen LogP contribution in [0.2, 0.25) is 0 Å². The molecule has 0 unspecified atom stereocenters. The van der Waals surface area contributed by atoms with Crippen LogP contribution in [0.15, 0.2) is 42.5 Å². The number of nitrogens with one attached hydrogen (secondary N) is 1. The number of ether oxygens (including phenoxy) is 3. The number of rotatable bonds is 7. The highest BCUT2D eigenvalue weighted by Crippen LogP contribution is 2.45. The largest absolute Gasteiger partial charge is 0.488 e. The second-order valence-electron chi connectivity index (χ2n) is 9.87. The van der Waals surface area contributed by atoms with E-state index in [4.69, 9.17) is 14.2 Å². The van der Waals surface area contributed by atoms with Gasteiger partial charge in [-0.25, -0.2) is 4.79 Å². The van der Waals surface area contributed by atoms with Crippen LogP contribution in [0.1, 0.15) is 50.6 Å². The van der Waals surface area contributed by atoms with Crippen LogP contribution in [0.25, 0.3) is 22.2 Å². The molecule has 7 heteroatoms. The summed E-state index contributed by atoms with van der Waals surface area (Å²) in [6.07, 6.45) is 4.92. The van der Waals surface area contributed by atoms with E-state index in [1.165, 1.54) is 0 Å². The minimum atomic E-state index is -0.429. The molecule has 2 saturated carbocycles. The van der Waals surface area contributed by atoms with Crippen LogP contribution in [0.4, 0.5) is 10.5 Å². The highest BCUT2D eigenvalue weighted by molar-refractivity contribution is 5.96. The molecule has 2 aromatic carbocycles. The Morgan fingerprint density at radius 2 is 1.94 bits per heavy atom. The van der Waals surface area contributed by atoms with Crippen molar-refractivity contribution < 1.29 is 19.0 Å². The first-order valence-electron chi connectivity index (χ1n) is 12.5. The zero-order valence-corrected chi connectivity index (χ0v) is 19.8. The molecule has 180 valence electrons. The van der Waals surface area contributed by atoms with Gasteiger partial charge in [-0.05, 0) is 68.4 Å². The summed E-state index contributed by atoms with van der Waals surface area (Å²) in [5, 5.41) is 13.9. The highest BCUT2D eigenvalue weighted by atomic mass is 16.6. The van der Waals surface area contributed by atoms with E-state index in [0.29, 0.717) is 29.8 Å². The average molecular weight is 472 g/mol. The molecule has 3 fully saturated rings. The molecular formula is C28H29N3O4. The summed E-state index contributed by atoms with van der Waals surface area (Å²) in [5.74, 6) is 1.30. The zero-order chi connectivity index (χ0) is 23.9. The first-order valence-corrected chi connectivity index (χ1v) is 12.5. The van der Waals surface area contributed by atoms with E-state index in [1.807, 2.05) is 43.3 Å². The average Bonchev–Trinajstić information content (AvgIpc) is 3.79. The van der Waals surface area contributed by atoms with Gasteiger partial charge < -0.3 is 18.8 Å². The summed E-state index contributed by atoms with van der Waals surface area (Å²) in [6.45, 7) is 3.29. The third-order valence-corrected chi connectivity index (χ3v) is 7.17. The van der Waals surface area contributed by atoms with Gasteiger partial charge >= 0.3 is 6.09 Å². The Bertz CT molecular complexity index is 1290. The van der Waals surface area contributed by atoms with Gasteiger partial charge in [0.15, 0.2) is 0 Å². The zero-order valence-electron chi connectivity index (χ0n) is 19.8. The molecule has 1 N–H and O–H groups in total. The molecule has 3 aromatic rings. The van der Waals surface area contributed by atoms with Crippen LogP contribution in [0.5, 0.6) is 5.75 Å².